The van der Waals surface area contributed by atoms with Crippen LogP contribution in [0.5, 0.6) is 0 Å². The Hall–Kier alpha value is -2.77. The van der Waals surface area contributed by atoms with Gasteiger partial charge >= 0.3 is 0 Å². The molecule has 2 aromatic carbocycles. The van der Waals surface area contributed by atoms with E-state index in [0.717, 1.165) is 31.6 Å². The maximum atomic E-state index is 12.8. The van der Waals surface area contributed by atoms with Crippen molar-refractivity contribution in [2.75, 3.05) is 39.8 Å². The fourth-order valence-corrected chi connectivity index (χ4v) is 3.65. The van der Waals surface area contributed by atoms with Crippen molar-refractivity contribution in [3.63, 3.8) is 0 Å². The van der Waals surface area contributed by atoms with Gasteiger partial charge in [0.2, 0.25) is 5.91 Å². The Morgan fingerprint density at radius 2 is 1.56 bits per heavy atom. The Kier molecular flexibility index (Phi) is 4.63. The zero-order valence-electron chi connectivity index (χ0n) is 15.3. The summed E-state index contributed by atoms with van der Waals surface area (Å²) in [5, 5.41) is 3.46. The van der Waals surface area contributed by atoms with Crippen LogP contribution in [0.1, 0.15) is 27.1 Å². The SMILES string of the molecule is CN1CCN(NC(=O)CCN2C(=O)c3cccc4cccc(c34)C2=O)CC1. The molecule has 2 heterocycles. The van der Waals surface area contributed by atoms with Crippen LogP contribution in [0, 0.1) is 0 Å². The Bertz CT molecular complexity index is 868. The Morgan fingerprint density at radius 1 is 0.963 bits per heavy atom. The molecule has 0 radical (unpaired) electrons. The van der Waals surface area contributed by atoms with Gasteiger partial charge in [-0.1, -0.05) is 24.3 Å². The Morgan fingerprint density at radius 3 is 2.15 bits per heavy atom. The molecule has 0 saturated carbocycles. The van der Waals surface area contributed by atoms with Gasteiger partial charge in [-0.15, -0.1) is 0 Å². The van der Waals surface area contributed by atoms with Crippen molar-refractivity contribution in [3.8, 4) is 0 Å². The van der Waals surface area contributed by atoms with Crippen LogP contribution in [0.25, 0.3) is 10.8 Å². The molecule has 2 aliphatic rings. The van der Waals surface area contributed by atoms with Crippen molar-refractivity contribution in [3.05, 3.63) is 47.5 Å². The van der Waals surface area contributed by atoms with Gasteiger partial charge in [0.15, 0.2) is 0 Å². The number of nitrogens with zero attached hydrogens (tertiary/aromatic N) is 3. The van der Waals surface area contributed by atoms with Crippen molar-refractivity contribution in [2.24, 2.45) is 0 Å². The third kappa shape index (κ3) is 3.31. The van der Waals surface area contributed by atoms with Crippen molar-refractivity contribution in [1.82, 2.24) is 20.2 Å². The molecule has 27 heavy (non-hydrogen) atoms. The molecule has 0 aromatic heterocycles. The first-order chi connectivity index (χ1) is 13.0. The molecule has 1 N–H and O–H groups in total. The van der Waals surface area contributed by atoms with Crippen LogP contribution < -0.4 is 5.43 Å². The highest BCUT2D eigenvalue weighted by Gasteiger charge is 2.32. The first-order valence-electron chi connectivity index (χ1n) is 9.15. The van der Waals surface area contributed by atoms with Crippen molar-refractivity contribution >= 4 is 28.5 Å². The largest absolute Gasteiger partial charge is 0.304 e. The van der Waals surface area contributed by atoms with E-state index in [1.807, 2.05) is 36.3 Å². The number of piperazine rings is 1. The van der Waals surface area contributed by atoms with Crippen LogP contribution in [0.2, 0.25) is 0 Å². The molecule has 2 aromatic rings. The summed E-state index contributed by atoms with van der Waals surface area (Å²) in [4.78, 5) is 41.3. The van der Waals surface area contributed by atoms with Gasteiger partial charge in [-0.25, -0.2) is 5.01 Å². The van der Waals surface area contributed by atoms with E-state index in [2.05, 4.69) is 10.3 Å². The lowest BCUT2D eigenvalue weighted by Crippen LogP contribution is -2.53. The second kappa shape index (κ2) is 7.09. The molecule has 3 amide bonds. The zero-order valence-corrected chi connectivity index (χ0v) is 15.3. The summed E-state index contributed by atoms with van der Waals surface area (Å²) in [6.45, 7) is 3.38. The molecular formula is C20H22N4O3. The van der Waals surface area contributed by atoms with Crippen LogP contribution in [-0.4, -0.2) is 72.3 Å². The normalized spacial score (nSPS) is 18.2. The van der Waals surface area contributed by atoms with E-state index in [0.29, 0.717) is 16.5 Å². The van der Waals surface area contributed by atoms with Crippen LogP contribution in [0.3, 0.4) is 0 Å². The van der Waals surface area contributed by atoms with Gasteiger partial charge in [-0.05, 0) is 24.6 Å². The van der Waals surface area contributed by atoms with Gasteiger partial charge in [-0.3, -0.25) is 24.7 Å². The number of hydrogen-bond donors (Lipinski definition) is 1. The molecule has 0 aliphatic carbocycles. The highest BCUT2D eigenvalue weighted by molar-refractivity contribution is 6.25. The first-order valence-corrected chi connectivity index (χ1v) is 9.15. The summed E-state index contributed by atoms with van der Waals surface area (Å²) in [7, 11) is 2.05. The topological polar surface area (TPSA) is 73.0 Å². The van der Waals surface area contributed by atoms with E-state index in [1.165, 1.54) is 4.90 Å². The third-order valence-electron chi connectivity index (χ3n) is 5.20. The number of carbonyl (C=O) groups excluding carboxylic acids is 3. The van der Waals surface area contributed by atoms with Gasteiger partial charge in [-0.2, -0.15) is 0 Å². The predicted molar refractivity (Wildman–Crippen MR) is 101 cm³/mol. The van der Waals surface area contributed by atoms with E-state index in [4.69, 9.17) is 0 Å². The molecule has 1 saturated heterocycles. The number of nitrogens with one attached hydrogen (secondary N) is 1. The highest BCUT2D eigenvalue weighted by Crippen LogP contribution is 2.29. The molecular weight excluding hydrogens is 344 g/mol. The molecule has 140 valence electrons. The van der Waals surface area contributed by atoms with Crippen LogP contribution in [0.15, 0.2) is 36.4 Å². The van der Waals surface area contributed by atoms with Gasteiger partial charge in [0, 0.05) is 55.7 Å². The van der Waals surface area contributed by atoms with Crippen molar-refractivity contribution < 1.29 is 14.4 Å². The molecule has 7 nitrogen and oxygen atoms in total. The number of likely N-dealkylation sites (N-methyl/N-ethyl adjacent to an activating group) is 1. The number of hydrogen-bond acceptors (Lipinski definition) is 5. The van der Waals surface area contributed by atoms with Gasteiger partial charge < -0.3 is 4.90 Å². The average molecular weight is 366 g/mol. The fourth-order valence-electron chi connectivity index (χ4n) is 3.65. The standard InChI is InChI=1S/C20H22N4O3/c1-22-10-12-23(13-11-22)21-17(25)8-9-24-19(26)15-6-2-4-14-5-3-7-16(18(14)15)20(24)27/h2-7H,8-13H2,1H3,(H,21,25). The van der Waals surface area contributed by atoms with Crippen LogP contribution >= 0.6 is 0 Å². The number of benzene rings is 2. The fraction of sp³-hybridized carbons (Fsp3) is 0.350. The minimum absolute atomic E-state index is 0.0714. The van der Waals surface area contributed by atoms with Crippen LogP contribution in [0.4, 0.5) is 0 Å². The maximum absolute atomic E-state index is 12.8. The summed E-state index contributed by atoms with van der Waals surface area (Å²) in [6, 6.07) is 10.9. The third-order valence-corrected chi connectivity index (χ3v) is 5.20. The molecule has 1 fully saturated rings. The maximum Gasteiger partial charge on any atom is 0.261 e. The minimum Gasteiger partial charge on any atom is -0.304 e. The highest BCUT2D eigenvalue weighted by atomic mass is 16.2. The van der Waals surface area contributed by atoms with E-state index in [9.17, 15) is 14.4 Å². The molecule has 0 spiro atoms. The molecule has 0 bridgehead atoms. The zero-order chi connectivity index (χ0) is 19.0. The van der Waals surface area contributed by atoms with Crippen molar-refractivity contribution in [1.29, 1.82) is 0 Å². The summed E-state index contributed by atoms with van der Waals surface area (Å²) in [5.41, 5.74) is 3.90. The molecule has 4 rings (SSSR count). The first kappa shape index (κ1) is 17.6. The molecule has 2 aliphatic heterocycles. The van der Waals surface area contributed by atoms with E-state index in [-0.39, 0.29) is 30.7 Å². The number of rotatable bonds is 4. The van der Waals surface area contributed by atoms with Crippen LogP contribution in [-0.2, 0) is 4.79 Å². The smallest absolute Gasteiger partial charge is 0.261 e. The molecule has 0 unspecified atom stereocenters. The lowest BCUT2D eigenvalue weighted by molar-refractivity contribution is -0.126. The lowest BCUT2D eigenvalue weighted by atomic mass is 9.94. The summed E-state index contributed by atoms with van der Waals surface area (Å²) in [6.07, 6.45) is 0.0853. The summed E-state index contributed by atoms with van der Waals surface area (Å²) >= 11 is 0. The summed E-state index contributed by atoms with van der Waals surface area (Å²) < 4.78 is 0. The quantitative estimate of drug-likeness (QED) is 0.821. The van der Waals surface area contributed by atoms with Gasteiger partial charge in [0.05, 0.1) is 0 Å². The second-order valence-electron chi connectivity index (χ2n) is 7.05. The Balaban J connectivity index is 1.45. The molecule has 0 atom stereocenters. The van der Waals surface area contributed by atoms with Gasteiger partial charge in [0.25, 0.3) is 11.8 Å². The number of carbonyl (C=O) groups is 3. The molecule has 7 heteroatoms. The van der Waals surface area contributed by atoms with E-state index in [1.54, 1.807) is 12.1 Å². The summed E-state index contributed by atoms with van der Waals surface area (Å²) in [5.74, 6) is -0.856. The predicted octanol–water partition coefficient (Wildman–Crippen LogP) is 1.10. The number of imide groups is 1. The lowest BCUT2D eigenvalue weighted by Gasteiger charge is -2.32. The monoisotopic (exact) mass is 366 g/mol. The Labute approximate surface area is 157 Å². The second-order valence-corrected chi connectivity index (χ2v) is 7.05. The van der Waals surface area contributed by atoms with Gasteiger partial charge in [0.1, 0.15) is 0 Å². The van der Waals surface area contributed by atoms with E-state index >= 15 is 0 Å². The minimum atomic E-state index is -0.336. The number of amides is 3. The van der Waals surface area contributed by atoms with E-state index < -0.39 is 0 Å². The number of hydrazine groups is 1. The van der Waals surface area contributed by atoms with Crippen molar-refractivity contribution in [2.45, 2.75) is 6.42 Å². The average Bonchev–Trinajstić information content (AvgIpc) is 2.67.